The van der Waals surface area contributed by atoms with Crippen molar-refractivity contribution in [2.45, 2.75) is 45.8 Å². The first-order valence-corrected chi connectivity index (χ1v) is 6.82. The van der Waals surface area contributed by atoms with Crippen molar-refractivity contribution in [3.63, 3.8) is 0 Å². The molecule has 0 bridgehead atoms. The molecule has 0 amide bonds. The molecule has 0 spiro atoms. The van der Waals surface area contributed by atoms with Crippen LogP contribution in [0.3, 0.4) is 0 Å². The summed E-state index contributed by atoms with van der Waals surface area (Å²) in [5.74, 6) is 0.807. The molecule has 0 aliphatic carbocycles. The molecule has 19 heavy (non-hydrogen) atoms. The highest BCUT2D eigenvalue weighted by molar-refractivity contribution is 4.99. The largest absolute Gasteiger partial charge is 0.304 e. The second kappa shape index (κ2) is 6.47. The standard InChI is InChI=1S/C13H22N6/c1-4-12(5-2)19-7-6-11(16-19)8-14-9-13-15-10-18(3)17-13/h6-7,10,12,14H,4-5,8-9H2,1-3H3. The van der Waals surface area contributed by atoms with E-state index in [1.54, 1.807) is 11.0 Å². The maximum atomic E-state index is 4.60. The van der Waals surface area contributed by atoms with Crippen LogP contribution in [-0.4, -0.2) is 24.5 Å². The van der Waals surface area contributed by atoms with Gasteiger partial charge in [-0.2, -0.15) is 10.2 Å². The first kappa shape index (κ1) is 13.7. The third-order valence-electron chi connectivity index (χ3n) is 3.22. The number of hydrogen-bond donors (Lipinski definition) is 1. The molecule has 0 atom stereocenters. The Labute approximate surface area is 113 Å². The summed E-state index contributed by atoms with van der Waals surface area (Å²) in [6.07, 6.45) is 6.00. The predicted octanol–water partition coefficient (Wildman–Crippen LogP) is 1.66. The Balaban J connectivity index is 1.83. The van der Waals surface area contributed by atoms with Crippen LogP contribution in [0.15, 0.2) is 18.6 Å². The van der Waals surface area contributed by atoms with E-state index in [0.29, 0.717) is 12.6 Å². The van der Waals surface area contributed by atoms with Crippen LogP contribution in [0.2, 0.25) is 0 Å². The molecule has 0 fully saturated rings. The van der Waals surface area contributed by atoms with Crippen molar-refractivity contribution >= 4 is 0 Å². The van der Waals surface area contributed by atoms with Crippen LogP contribution in [0.5, 0.6) is 0 Å². The summed E-state index contributed by atoms with van der Waals surface area (Å²) in [6, 6.07) is 2.57. The van der Waals surface area contributed by atoms with Crippen LogP contribution in [0.1, 0.15) is 44.2 Å². The first-order valence-electron chi connectivity index (χ1n) is 6.82. The fourth-order valence-electron chi connectivity index (χ4n) is 2.11. The van der Waals surface area contributed by atoms with Gasteiger partial charge in [-0.3, -0.25) is 9.36 Å². The summed E-state index contributed by atoms with van der Waals surface area (Å²) in [7, 11) is 1.87. The van der Waals surface area contributed by atoms with Gasteiger partial charge in [0, 0.05) is 19.8 Å². The quantitative estimate of drug-likeness (QED) is 0.824. The molecule has 2 heterocycles. The average Bonchev–Trinajstić information content (AvgIpc) is 3.01. The Morgan fingerprint density at radius 3 is 2.63 bits per heavy atom. The second-order valence-electron chi connectivity index (χ2n) is 4.70. The fraction of sp³-hybridized carbons (Fsp3) is 0.615. The molecule has 104 valence electrons. The lowest BCUT2D eigenvalue weighted by atomic mass is 10.2. The van der Waals surface area contributed by atoms with Gasteiger partial charge in [0.05, 0.1) is 18.3 Å². The maximum absolute atomic E-state index is 4.60. The normalized spacial score (nSPS) is 11.4. The molecule has 6 nitrogen and oxygen atoms in total. The molecule has 2 rings (SSSR count). The van der Waals surface area contributed by atoms with Gasteiger partial charge in [0.1, 0.15) is 6.33 Å². The molecular formula is C13H22N6. The zero-order valence-corrected chi connectivity index (χ0v) is 11.9. The van der Waals surface area contributed by atoms with Crippen molar-refractivity contribution in [1.29, 1.82) is 0 Å². The van der Waals surface area contributed by atoms with Gasteiger partial charge in [-0.05, 0) is 18.9 Å². The Bertz CT molecular complexity index is 497. The van der Waals surface area contributed by atoms with Crippen molar-refractivity contribution in [2.24, 2.45) is 7.05 Å². The molecule has 0 saturated carbocycles. The summed E-state index contributed by atoms with van der Waals surface area (Å²) in [6.45, 7) is 5.80. The van der Waals surface area contributed by atoms with E-state index < -0.39 is 0 Å². The summed E-state index contributed by atoms with van der Waals surface area (Å²) in [5.41, 5.74) is 1.06. The van der Waals surface area contributed by atoms with Crippen molar-refractivity contribution < 1.29 is 0 Å². The highest BCUT2D eigenvalue weighted by Crippen LogP contribution is 2.14. The van der Waals surface area contributed by atoms with Crippen LogP contribution in [0, 0.1) is 0 Å². The summed E-state index contributed by atoms with van der Waals surface area (Å²) < 4.78 is 3.77. The number of hydrogen-bond acceptors (Lipinski definition) is 4. The molecular weight excluding hydrogens is 240 g/mol. The molecule has 6 heteroatoms. The van der Waals surface area contributed by atoms with E-state index in [9.17, 15) is 0 Å². The van der Waals surface area contributed by atoms with E-state index in [1.807, 2.05) is 7.05 Å². The predicted molar refractivity (Wildman–Crippen MR) is 73.4 cm³/mol. The third-order valence-corrected chi connectivity index (χ3v) is 3.22. The number of aryl methyl sites for hydroxylation is 1. The first-order chi connectivity index (χ1) is 9.22. The third kappa shape index (κ3) is 3.64. The van der Waals surface area contributed by atoms with E-state index in [-0.39, 0.29) is 0 Å². The second-order valence-corrected chi connectivity index (χ2v) is 4.70. The number of nitrogens with one attached hydrogen (secondary N) is 1. The van der Waals surface area contributed by atoms with Crippen LogP contribution in [0.25, 0.3) is 0 Å². The highest BCUT2D eigenvalue weighted by atomic mass is 15.3. The van der Waals surface area contributed by atoms with Crippen molar-refractivity contribution in [2.75, 3.05) is 0 Å². The number of rotatable bonds is 7. The number of aromatic nitrogens is 5. The maximum Gasteiger partial charge on any atom is 0.164 e. The smallest absolute Gasteiger partial charge is 0.164 e. The van der Waals surface area contributed by atoms with Crippen LogP contribution in [-0.2, 0) is 20.1 Å². The Hall–Kier alpha value is -1.69. The van der Waals surface area contributed by atoms with Gasteiger partial charge < -0.3 is 5.32 Å². The molecule has 2 aromatic rings. The molecule has 0 aliphatic rings. The van der Waals surface area contributed by atoms with Crippen molar-refractivity contribution in [3.8, 4) is 0 Å². The average molecular weight is 262 g/mol. The summed E-state index contributed by atoms with van der Waals surface area (Å²) in [4.78, 5) is 4.17. The Morgan fingerprint density at radius 2 is 2.00 bits per heavy atom. The number of nitrogens with zero attached hydrogens (tertiary/aromatic N) is 5. The lowest BCUT2D eigenvalue weighted by molar-refractivity contribution is 0.424. The van der Waals surface area contributed by atoms with Gasteiger partial charge in [0.2, 0.25) is 0 Å². The van der Waals surface area contributed by atoms with E-state index in [2.05, 4.69) is 51.3 Å². The molecule has 0 aliphatic heterocycles. The molecule has 0 saturated heterocycles. The van der Waals surface area contributed by atoms with E-state index in [0.717, 1.165) is 30.9 Å². The minimum absolute atomic E-state index is 0.506. The summed E-state index contributed by atoms with van der Waals surface area (Å²) in [5, 5.41) is 12.1. The Kier molecular flexibility index (Phi) is 4.68. The molecule has 1 N–H and O–H groups in total. The monoisotopic (exact) mass is 262 g/mol. The van der Waals surface area contributed by atoms with E-state index >= 15 is 0 Å². The fourth-order valence-corrected chi connectivity index (χ4v) is 2.11. The molecule has 0 aromatic carbocycles. The van der Waals surface area contributed by atoms with Crippen LogP contribution < -0.4 is 5.32 Å². The molecule has 0 radical (unpaired) electrons. The van der Waals surface area contributed by atoms with Crippen molar-refractivity contribution in [3.05, 3.63) is 30.1 Å². The molecule has 2 aromatic heterocycles. The van der Waals surface area contributed by atoms with Gasteiger partial charge in [0.15, 0.2) is 5.82 Å². The highest BCUT2D eigenvalue weighted by Gasteiger charge is 2.07. The minimum atomic E-state index is 0.506. The summed E-state index contributed by atoms with van der Waals surface area (Å²) >= 11 is 0. The zero-order chi connectivity index (χ0) is 13.7. The van der Waals surface area contributed by atoms with Gasteiger partial charge in [-0.25, -0.2) is 4.98 Å². The van der Waals surface area contributed by atoms with Gasteiger partial charge in [0.25, 0.3) is 0 Å². The minimum Gasteiger partial charge on any atom is -0.304 e. The SMILES string of the molecule is CCC(CC)n1ccc(CNCc2ncn(C)n2)n1. The van der Waals surface area contributed by atoms with Crippen molar-refractivity contribution in [1.82, 2.24) is 29.9 Å². The van der Waals surface area contributed by atoms with Crippen LogP contribution >= 0.6 is 0 Å². The van der Waals surface area contributed by atoms with Gasteiger partial charge >= 0.3 is 0 Å². The van der Waals surface area contributed by atoms with E-state index in [1.165, 1.54) is 0 Å². The topological polar surface area (TPSA) is 60.6 Å². The lowest BCUT2D eigenvalue weighted by Crippen LogP contribution is -2.15. The molecule has 0 unspecified atom stereocenters. The zero-order valence-electron chi connectivity index (χ0n) is 11.9. The Morgan fingerprint density at radius 1 is 1.21 bits per heavy atom. The lowest BCUT2D eigenvalue weighted by Gasteiger charge is -2.12. The van der Waals surface area contributed by atoms with E-state index in [4.69, 9.17) is 0 Å². The van der Waals surface area contributed by atoms with Gasteiger partial charge in [-0.15, -0.1) is 0 Å². The van der Waals surface area contributed by atoms with Crippen LogP contribution in [0.4, 0.5) is 0 Å². The van der Waals surface area contributed by atoms with Gasteiger partial charge in [-0.1, -0.05) is 13.8 Å².